The number of imide groups is 1. The van der Waals surface area contributed by atoms with Crippen LogP contribution in [-0.4, -0.2) is 30.8 Å². The second-order valence-electron chi connectivity index (χ2n) is 7.46. The van der Waals surface area contributed by atoms with Gasteiger partial charge in [-0.05, 0) is 54.6 Å². The molecule has 0 aromatic heterocycles. The molecule has 0 atom stereocenters. The minimum atomic E-state index is -0.757. The predicted octanol–water partition coefficient (Wildman–Crippen LogP) is 5.47. The highest BCUT2D eigenvalue weighted by Gasteiger charge is 2.39. The van der Waals surface area contributed by atoms with Crippen molar-refractivity contribution in [2.45, 2.75) is 0 Å². The predicted molar refractivity (Wildman–Crippen MR) is 138 cm³/mol. The van der Waals surface area contributed by atoms with E-state index in [1.165, 1.54) is 37.4 Å². The van der Waals surface area contributed by atoms with Gasteiger partial charge in [0.1, 0.15) is 10.7 Å². The van der Waals surface area contributed by atoms with Gasteiger partial charge in [-0.15, -0.1) is 0 Å². The van der Waals surface area contributed by atoms with Crippen molar-refractivity contribution in [3.63, 3.8) is 0 Å². The fraction of sp³-hybridized carbons (Fsp3) is 0.0400. The first-order chi connectivity index (χ1) is 17.2. The summed E-state index contributed by atoms with van der Waals surface area (Å²) < 4.78 is 4.69. The number of hydrogen-bond acceptors (Lipinski definition) is 6. The summed E-state index contributed by atoms with van der Waals surface area (Å²) in [4.78, 5) is 51.1. The maximum absolute atomic E-state index is 13.0. The number of benzene rings is 3. The smallest absolute Gasteiger partial charge is 0.337 e. The Bertz CT molecular complexity index is 1450. The molecule has 4 rings (SSSR count). The van der Waals surface area contributed by atoms with Gasteiger partial charge in [-0.25, -0.2) is 9.69 Å². The number of carbonyl (C=O) groups is 4. The SMILES string of the molecule is COC(=O)c1cccc(NC(=O)c2cccc(NC3=C(Cl)C(=O)N(c4ccc(Cl)cc4Cl)C3=O)c2)c1. The fourth-order valence-electron chi connectivity index (χ4n) is 3.42. The highest BCUT2D eigenvalue weighted by molar-refractivity contribution is 6.54. The molecule has 0 spiro atoms. The minimum absolute atomic E-state index is 0.102. The van der Waals surface area contributed by atoms with Gasteiger partial charge in [0, 0.05) is 22.0 Å². The molecule has 1 aliphatic rings. The highest BCUT2D eigenvalue weighted by Crippen LogP contribution is 2.35. The van der Waals surface area contributed by atoms with E-state index in [-0.39, 0.29) is 32.6 Å². The molecule has 3 aromatic rings. The second kappa shape index (κ2) is 10.4. The Morgan fingerprint density at radius 3 is 2.19 bits per heavy atom. The highest BCUT2D eigenvalue weighted by atomic mass is 35.5. The summed E-state index contributed by atoms with van der Waals surface area (Å²) in [6.45, 7) is 0. The van der Waals surface area contributed by atoms with E-state index >= 15 is 0 Å². The van der Waals surface area contributed by atoms with E-state index in [1.54, 1.807) is 36.4 Å². The first-order valence-electron chi connectivity index (χ1n) is 10.3. The Hall–Kier alpha value is -3.85. The van der Waals surface area contributed by atoms with E-state index in [1.807, 2.05) is 0 Å². The van der Waals surface area contributed by atoms with Crippen LogP contribution in [0.3, 0.4) is 0 Å². The topological polar surface area (TPSA) is 105 Å². The van der Waals surface area contributed by atoms with E-state index in [0.717, 1.165) is 4.90 Å². The van der Waals surface area contributed by atoms with E-state index < -0.39 is 23.7 Å². The molecular formula is C25H16Cl3N3O5. The lowest BCUT2D eigenvalue weighted by atomic mass is 10.1. The number of esters is 1. The van der Waals surface area contributed by atoms with Gasteiger partial charge in [0.2, 0.25) is 0 Å². The Morgan fingerprint density at radius 1 is 0.833 bits per heavy atom. The summed E-state index contributed by atoms with van der Waals surface area (Å²) >= 11 is 18.3. The van der Waals surface area contributed by atoms with Crippen LogP contribution < -0.4 is 15.5 Å². The first kappa shape index (κ1) is 25.2. The van der Waals surface area contributed by atoms with Crippen LogP contribution in [0.1, 0.15) is 20.7 Å². The number of carbonyl (C=O) groups excluding carboxylic acids is 4. The molecule has 1 heterocycles. The zero-order chi connectivity index (χ0) is 26.0. The summed E-state index contributed by atoms with van der Waals surface area (Å²) in [5, 5.41) is 5.62. The number of halogens is 3. The third-order valence-corrected chi connectivity index (χ3v) is 6.00. The van der Waals surface area contributed by atoms with Crippen molar-refractivity contribution in [3.05, 3.63) is 98.6 Å². The largest absolute Gasteiger partial charge is 0.465 e. The number of nitrogens with zero attached hydrogens (tertiary/aromatic N) is 1. The summed E-state index contributed by atoms with van der Waals surface area (Å²) in [7, 11) is 1.26. The van der Waals surface area contributed by atoms with Crippen molar-refractivity contribution < 1.29 is 23.9 Å². The molecule has 1 aliphatic heterocycles. The normalized spacial score (nSPS) is 13.2. The molecule has 8 nitrogen and oxygen atoms in total. The van der Waals surface area contributed by atoms with Crippen molar-refractivity contribution in [3.8, 4) is 0 Å². The maximum atomic E-state index is 13.0. The van der Waals surface area contributed by atoms with Crippen LogP contribution in [0.25, 0.3) is 0 Å². The van der Waals surface area contributed by atoms with Crippen molar-refractivity contribution in [1.82, 2.24) is 0 Å². The third kappa shape index (κ3) is 5.06. The van der Waals surface area contributed by atoms with Crippen LogP contribution >= 0.6 is 34.8 Å². The second-order valence-corrected chi connectivity index (χ2v) is 8.68. The number of methoxy groups -OCH3 is 1. The van der Waals surface area contributed by atoms with Crippen molar-refractivity contribution in [2.24, 2.45) is 0 Å². The lowest BCUT2D eigenvalue weighted by Gasteiger charge is -2.16. The number of hydrogen-bond donors (Lipinski definition) is 2. The molecule has 36 heavy (non-hydrogen) atoms. The molecule has 2 N–H and O–H groups in total. The average molecular weight is 545 g/mol. The van der Waals surface area contributed by atoms with Gasteiger partial charge in [-0.1, -0.05) is 46.9 Å². The van der Waals surface area contributed by atoms with Gasteiger partial charge >= 0.3 is 5.97 Å². The Kier molecular flexibility index (Phi) is 7.30. The molecule has 0 saturated carbocycles. The molecule has 3 aromatic carbocycles. The Balaban J connectivity index is 1.53. The molecule has 0 fully saturated rings. The lowest BCUT2D eigenvalue weighted by molar-refractivity contribution is -0.120. The van der Waals surface area contributed by atoms with Gasteiger partial charge in [0.05, 0.1) is 23.4 Å². The minimum Gasteiger partial charge on any atom is -0.465 e. The lowest BCUT2D eigenvalue weighted by Crippen LogP contribution is -2.32. The van der Waals surface area contributed by atoms with Crippen molar-refractivity contribution in [2.75, 3.05) is 22.6 Å². The molecule has 182 valence electrons. The fourth-order valence-corrected chi connectivity index (χ4v) is 4.13. The molecule has 0 aliphatic carbocycles. The van der Waals surface area contributed by atoms with Gasteiger partial charge in [0.25, 0.3) is 17.7 Å². The molecule has 0 radical (unpaired) electrons. The summed E-state index contributed by atoms with van der Waals surface area (Å²) in [6.07, 6.45) is 0. The first-order valence-corrected chi connectivity index (χ1v) is 11.4. The van der Waals surface area contributed by atoms with E-state index in [4.69, 9.17) is 34.8 Å². The zero-order valence-corrected chi connectivity index (χ0v) is 20.7. The van der Waals surface area contributed by atoms with Crippen LogP contribution in [-0.2, 0) is 14.3 Å². The zero-order valence-electron chi connectivity index (χ0n) is 18.5. The van der Waals surface area contributed by atoms with Crippen LogP contribution in [0.4, 0.5) is 17.1 Å². The van der Waals surface area contributed by atoms with Gasteiger partial charge in [-0.2, -0.15) is 0 Å². The number of amides is 3. The number of ether oxygens (including phenoxy) is 1. The molecular weight excluding hydrogens is 529 g/mol. The van der Waals surface area contributed by atoms with Crippen LogP contribution in [0.5, 0.6) is 0 Å². The quantitative estimate of drug-likeness (QED) is 0.315. The van der Waals surface area contributed by atoms with E-state index in [0.29, 0.717) is 16.4 Å². The van der Waals surface area contributed by atoms with Crippen LogP contribution in [0.2, 0.25) is 10.0 Å². The summed E-state index contributed by atoms with van der Waals surface area (Å²) in [5.74, 6) is -2.48. The number of rotatable bonds is 6. The molecule has 0 bridgehead atoms. The van der Waals surface area contributed by atoms with Gasteiger partial charge in [-0.3, -0.25) is 14.4 Å². The Morgan fingerprint density at radius 2 is 1.50 bits per heavy atom. The number of anilines is 3. The van der Waals surface area contributed by atoms with Crippen molar-refractivity contribution in [1.29, 1.82) is 0 Å². The monoisotopic (exact) mass is 543 g/mol. The van der Waals surface area contributed by atoms with Gasteiger partial charge < -0.3 is 15.4 Å². The third-order valence-electron chi connectivity index (χ3n) is 5.11. The van der Waals surface area contributed by atoms with E-state index in [9.17, 15) is 19.2 Å². The van der Waals surface area contributed by atoms with Crippen LogP contribution in [0, 0.1) is 0 Å². The number of nitrogens with one attached hydrogen (secondary N) is 2. The summed E-state index contributed by atoms with van der Waals surface area (Å²) in [5.41, 5.74) is 1.21. The summed E-state index contributed by atoms with van der Waals surface area (Å²) in [6, 6.07) is 16.8. The molecule has 0 saturated heterocycles. The molecule has 11 heteroatoms. The van der Waals surface area contributed by atoms with Gasteiger partial charge in [0.15, 0.2) is 0 Å². The average Bonchev–Trinajstić information content (AvgIpc) is 3.07. The standard InChI is InChI=1S/C25H16Cl3N3O5/c1-36-25(35)14-5-3-7-17(11-14)30-22(32)13-4-2-6-16(10-13)29-21-20(28)23(33)31(24(21)34)19-9-8-15(26)12-18(19)27/h2-12,29H,1H3,(H,30,32). The van der Waals surface area contributed by atoms with Crippen LogP contribution in [0.15, 0.2) is 77.5 Å². The Labute approximate surface area is 220 Å². The molecule has 0 unspecified atom stereocenters. The molecule has 3 amide bonds. The van der Waals surface area contributed by atoms with Crippen molar-refractivity contribution >= 4 is 75.6 Å². The van der Waals surface area contributed by atoms with E-state index in [2.05, 4.69) is 15.4 Å². The maximum Gasteiger partial charge on any atom is 0.337 e.